The van der Waals surface area contributed by atoms with Gasteiger partial charge in [0.25, 0.3) is 0 Å². The highest BCUT2D eigenvalue weighted by Gasteiger charge is 2.39. The van der Waals surface area contributed by atoms with E-state index in [0.29, 0.717) is 35.3 Å². The third-order valence-corrected chi connectivity index (χ3v) is 8.41. The molecule has 3 aromatic rings. The molecule has 0 spiro atoms. The van der Waals surface area contributed by atoms with Crippen LogP contribution in [0, 0.1) is 6.92 Å². The molecule has 12 nitrogen and oxygen atoms in total. The number of nitrogens with one attached hydrogen (secondary N) is 2. The van der Waals surface area contributed by atoms with E-state index in [1.165, 1.54) is 24.5 Å². The molecule has 0 radical (unpaired) electrons. The SMILES string of the molecule is CCCOC(=O)C(C)(C)N[P@@](=O)(CO[C@H](C)Cn1cnc2c(N)ncnc21)N[C@H](C)c1ccc(OC(F)(F)F)cc1C. The minimum absolute atomic E-state index is 0.198. The summed E-state index contributed by atoms with van der Waals surface area (Å²) in [5, 5.41) is 5.94. The molecular weight excluding hydrogens is 578 g/mol. The Bertz CT molecular complexity index is 1430. The molecule has 0 saturated heterocycles. The standard InChI is InChI=1S/C26H37F3N7O5P/c1-7-10-39-24(37)25(5,6)35-42(38,34-18(4)20-9-8-19(11-16(20)2)41-26(27,28)29)15-40-17(3)12-36-14-33-21-22(30)31-13-32-23(21)36/h8-9,11,13-14,17-18H,7,10,12,15H2,1-6H3,(H2,30,31,32)(H2,34,35,38)/t17-,18-,42-/m1/s1. The third kappa shape index (κ3) is 8.87. The Morgan fingerprint density at radius 3 is 2.55 bits per heavy atom. The fraction of sp³-hybridized carbons (Fsp3) is 0.538. The predicted octanol–water partition coefficient (Wildman–Crippen LogP) is 4.84. The Labute approximate surface area is 242 Å². The molecule has 3 atom stereocenters. The number of benzene rings is 1. The van der Waals surface area contributed by atoms with Crippen LogP contribution in [0.1, 0.15) is 58.2 Å². The molecule has 0 bridgehead atoms. The van der Waals surface area contributed by atoms with Gasteiger partial charge in [0.1, 0.15) is 29.5 Å². The fourth-order valence-electron chi connectivity index (χ4n) is 4.28. The molecule has 0 aliphatic heterocycles. The molecule has 1 aromatic carbocycles. The number of halogens is 3. The van der Waals surface area contributed by atoms with Gasteiger partial charge < -0.3 is 24.5 Å². The van der Waals surface area contributed by atoms with E-state index in [4.69, 9.17) is 15.2 Å². The number of nitrogen functional groups attached to an aromatic ring is 1. The molecule has 0 aliphatic rings. The molecule has 42 heavy (non-hydrogen) atoms. The zero-order valence-corrected chi connectivity index (χ0v) is 25.3. The molecule has 0 saturated carbocycles. The number of hydrogen-bond donors (Lipinski definition) is 3. The molecule has 3 rings (SSSR count). The van der Waals surface area contributed by atoms with Crippen LogP contribution >= 0.6 is 7.44 Å². The maximum Gasteiger partial charge on any atom is 0.573 e. The van der Waals surface area contributed by atoms with Crippen molar-refractivity contribution in [3.63, 3.8) is 0 Å². The smallest absolute Gasteiger partial charge is 0.464 e. The lowest BCUT2D eigenvalue weighted by Gasteiger charge is -2.33. The van der Waals surface area contributed by atoms with Gasteiger partial charge in [-0.1, -0.05) is 13.0 Å². The van der Waals surface area contributed by atoms with Gasteiger partial charge in [0, 0.05) is 6.04 Å². The normalized spacial score (nSPS) is 15.3. The first-order valence-electron chi connectivity index (χ1n) is 13.3. The second kappa shape index (κ2) is 13.4. The van der Waals surface area contributed by atoms with Crippen molar-refractivity contribution in [1.82, 2.24) is 29.7 Å². The van der Waals surface area contributed by atoms with E-state index < -0.39 is 37.5 Å². The zero-order valence-electron chi connectivity index (χ0n) is 24.4. The first-order valence-corrected chi connectivity index (χ1v) is 15.2. The Morgan fingerprint density at radius 1 is 1.19 bits per heavy atom. The van der Waals surface area contributed by atoms with Crippen molar-refractivity contribution in [3.8, 4) is 5.75 Å². The Morgan fingerprint density at radius 2 is 1.90 bits per heavy atom. The Balaban J connectivity index is 1.80. The molecule has 16 heteroatoms. The number of esters is 1. The average Bonchev–Trinajstić information content (AvgIpc) is 3.28. The van der Waals surface area contributed by atoms with E-state index in [1.807, 2.05) is 6.92 Å². The first kappa shape index (κ1) is 33.2. The number of nitrogens with two attached hydrogens (primary N) is 1. The van der Waals surface area contributed by atoms with Crippen LogP contribution in [0.4, 0.5) is 19.0 Å². The second-order valence-electron chi connectivity index (χ2n) is 10.5. The van der Waals surface area contributed by atoms with Crippen LogP contribution in [0.3, 0.4) is 0 Å². The van der Waals surface area contributed by atoms with E-state index in [0.717, 1.165) is 0 Å². The number of aryl methyl sites for hydroxylation is 1. The van der Waals surface area contributed by atoms with Crippen LogP contribution in [0.2, 0.25) is 0 Å². The molecular formula is C26H37F3N7O5P. The summed E-state index contributed by atoms with van der Waals surface area (Å²) in [6, 6.07) is 3.26. The monoisotopic (exact) mass is 615 g/mol. The first-order chi connectivity index (χ1) is 19.5. The number of anilines is 1. The molecule has 4 N–H and O–H groups in total. The van der Waals surface area contributed by atoms with Gasteiger partial charge in [-0.3, -0.25) is 9.36 Å². The van der Waals surface area contributed by atoms with E-state index in [2.05, 4.69) is 29.9 Å². The molecule has 0 fully saturated rings. The van der Waals surface area contributed by atoms with E-state index in [1.54, 1.807) is 45.5 Å². The second-order valence-corrected chi connectivity index (χ2v) is 12.7. The number of imidazole rings is 1. The number of fused-ring (bicyclic) bond motifs is 1. The number of hydrogen-bond acceptors (Lipinski definition) is 9. The van der Waals surface area contributed by atoms with Gasteiger partial charge in [0.2, 0.25) is 7.44 Å². The summed E-state index contributed by atoms with van der Waals surface area (Å²) in [6.07, 6.45) is -2.15. The number of ether oxygens (including phenoxy) is 3. The zero-order chi connectivity index (χ0) is 31.3. The average molecular weight is 616 g/mol. The highest BCUT2D eigenvalue weighted by molar-refractivity contribution is 7.59. The molecule has 2 heterocycles. The molecule has 0 unspecified atom stereocenters. The largest absolute Gasteiger partial charge is 0.573 e. The Hall–Kier alpha value is -3.26. The number of nitrogens with zero attached hydrogens (tertiary/aromatic N) is 4. The highest BCUT2D eigenvalue weighted by Crippen LogP contribution is 2.43. The number of carbonyl (C=O) groups excluding carboxylic acids is 1. The lowest BCUT2D eigenvalue weighted by Crippen LogP contribution is -2.49. The molecule has 0 amide bonds. The van der Waals surface area contributed by atoms with Crippen LogP contribution < -0.4 is 20.6 Å². The van der Waals surface area contributed by atoms with Gasteiger partial charge in [0.05, 0.1) is 25.6 Å². The quantitative estimate of drug-likeness (QED) is 0.168. The summed E-state index contributed by atoms with van der Waals surface area (Å²) in [5.74, 6) is -0.725. The van der Waals surface area contributed by atoms with Crippen molar-refractivity contribution in [2.75, 3.05) is 18.7 Å². The summed E-state index contributed by atoms with van der Waals surface area (Å²) in [5.41, 5.74) is 6.52. The molecule has 0 aliphatic carbocycles. The van der Waals surface area contributed by atoms with Crippen LogP contribution in [-0.4, -0.2) is 56.4 Å². The van der Waals surface area contributed by atoms with Crippen molar-refractivity contribution in [3.05, 3.63) is 42.0 Å². The maximum atomic E-state index is 14.3. The van der Waals surface area contributed by atoms with Crippen LogP contribution in [0.25, 0.3) is 11.2 Å². The summed E-state index contributed by atoms with van der Waals surface area (Å²) < 4.78 is 69.4. The fourth-order valence-corrected chi connectivity index (χ4v) is 6.71. The van der Waals surface area contributed by atoms with Gasteiger partial charge in [-0.15, -0.1) is 13.2 Å². The van der Waals surface area contributed by atoms with E-state index >= 15 is 0 Å². The van der Waals surface area contributed by atoms with Crippen LogP contribution in [-0.2, 0) is 25.4 Å². The van der Waals surface area contributed by atoms with E-state index in [-0.39, 0.29) is 24.5 Å². The summed E-state index contributed by atoms with van der Waals surface area (Å²) >= 11 is 0. The lowest BCUT2D eigenvalue weighted by molar-refractivity contribution is -0.274. The van der Waals surface area contributed by atoms with Gasteiger partial charge in [-0.25, -0.2) is 25.1 Å². The number of carbonyl (C=O) groups is 1. The molecule has 2 aromatic heterocycles. The van der Waals surface area contributed by atoms with Crippen molar-refractivity contribution >= 4 is 30.4 Å². The van der Waals surface area contributed by atoms with E-state index in [9.17, 15) is 22.5 Å². The lowest BCUT2D eigenvalue weighted by atomic mass is 10.0. The third-order valence-electron chi connectivity index (χ3n) is 6.18. The van der Waals surface area contributed by atoms with Crippen molar-refractivity contribution in [1.29, 1.82) is 0 Å². The van der Waals surface area contributed by atoms with Crippen molar-refractivity contribution in [2.24, 2.45) is 0 Å². The summed E-state index contributed by atoms with van der Waals surface area (Å²) in [7, 11) is -3.72. The van der Waals surface area contributed by atoms with Gasteiger partial charge >= 0.3 is 12.3 Å². The minimum Gasteiger partial charge on any atom is -0.464 e. The summed E-state index contributed by atoms with van der Waals surface area (Å²) in [6.45, 7) is 10.5. The Kier molecular flexibility index (Phi) is 10.6. The number of aromatic nitrogens is 4. The van der Waals surface area contributed by atoms with Crippen LogP contribution in [0.15, 0.2) is 30.9 Å². The van der Waals surface area contributed by atoms with Crippen molar-refractivity contribution in [2.45, 2.75) is 78.6 Å². The van der Waals surface area contributed by atoms with Gasteiger partial charge in [-0.2, -0.15) is 0 Å². The number of alkyl halides is 3. The maximum absolute atomic E-state index is 14.3. The van der Waals surface area contributed by atoms with Gasteiger partial charge in [0.15, 0.2) is 11.5 Å². The minimum atomic E-state index is -4.83. The van der Waals surface area contributed by atoms with Crippen molar-refractivity contribution < 1.29 is 36.7 Å². The molecule has 232 valence electrons. The van der Waals surface area contributed by atoms with Crippen LogP contribution in [0.5, 0.6) is 5.75 Å². The topological polar surface area (TPSA) is 156 Å². The number of rotatable bonds is 14. The summed E-state index contributed by atoms with van der Waals surface area (Å²) in [4.78, 5) is 25.1. The predicted molar refractivity (Wildman–Crippen MR) is 151 cm³/mol. The van der Waals surface area contributed by atoms with Gasteiger partial charge in [-0.05, 0) is 64.3 Å². The highest BCUT2D eigenvalue weighted by atomic mass is 31.2.